The van der Waals surface area contributed by atoms with Crippen LogP contribution >= 0.6 is 0 Å². The van der Waals surface area contributed by atoms with Crippen molar-refractivity contribution in [3.8, 4) is 0 Å². The number of rotatable bonds is 3. The first-order valence-corrected chi connectivity index (χ1v) is 9.38. The van der Waals surface area contributed by atoms with Gasteiger partial charge in [-0.25, -0.2) is 4.79 Å². The summed E-state index contributed by atoms with van der Waals surface area (Å²) in [6, 6.07) is 3.59. The molecule has 0 bridgehead atoms. The molecule has 0 spiro atoms. The van der Waals surface area contributed by atoms with Crippen molar-refractivity contribution in [2.75, 3.05) is 44.7 Å². The van der Waals surface area contributed by atoms with Gasteiger partial charge in [0, 0.05) is 43.5 Å². The van der Waals surface area contributed by atoms with Gasteiger partial charge in [0.1, 0.15) is 0 Å². The minimum Gasteiger partial charge on any atom is -0.453 e. The molecule has 2 unspecified atom stereocenters. The maximum absolute atomic E-state index is 13.6. The van der Waals surface area contributed by atoms with Crippen LogP contribution in [-0.2, 0) is 14.3 Å². The lowest BCUT2D eigenvalue weighted by molar-refractivity contribution is -0.385. The van der Waals surface area contributed by atoms with E-state index in [0.29, 0.717) is 0 Å². The largest absolute Gasteiger partial charge is 0.453 e. The average molecular weight is 446 g/mol. The molecule has 2 atom stereocenters. The highest BCUT2D eigenvalue weighted by Crippen LogP contribution is 2.36. The van der Waals surface area contributed by atoms with Crippen LogP contribution in [0.2, 0.25) is 0 Å². The molecule has 2 aliphatic rings. The fourth-order valence-corrected chi connectivity index (χ4v) is 3.64. The van der Waals surface area contributed by atoms with Crippen LogP contribution < -0.4 is 4.90 Å². The number of alkyl halides is 3. The van der Waals surface area contributed by atoms with Crippen LogP contribution in [0.25, 0.3) is 0 Å². The number of benzene rings is 1. The molecule has 2 heterocycles. The van der Waals surface area contributed by atoms with E-state index in [4.69, 9.17) is 4.74 Å². The molecular formula is C18H21F3N4O6. The maximum atomic E-state index is 13.6. The molecule has 2 aliphatic heterocycles. The minimum atomic E-state index is -4.78. The molecule has 0 aliphatic carbocycles. The minimum absolute atomic E-state index is 0.0660. The lowest BCUT2D eigenvalue weighted by Crippen LogP contribution is -2.53. The van der Waals surface area contributed by atoms with E-state index >= 15 is 0 Å². The molecule has 10 nitrogen and oxygen atoms in total. The van der Waals surface area contributed by atoms with Gasteiger partial charge < -0.3 is 24.2 Å². The highest BCUT2D eigenvalue weighted by atomic mass is 19.4. The van der Waals surface area contributed by atoms with Crippen molar-refractivity contribution >= 4 is 23.4 Å². The van der Waals surface area contributed by atoms with Gasteiger partial charge in [0.15, 0.2) is 6.10 Å². The van der Waals surface area contributed by atoms with Gasteiger partial charge in [-0.05, 0) is 19.1 Å². The highest BCUT2D eigenvalue weighted by molar-refractivity contribution is 5.83. The molecule has 170 valence electrons. The Hall–Kier alpha value is -3.09. The summed E-state index contributed by atoms with van der Waals surface area (Å²) in [5, 5.41) is 11.0. The third-order valence-electron chi connectivity index (χ3n) is 5.23. The summed E-state index contributed by atoms with van der Waals surface area (Å²) in [5.74, 6) is -0.611. The first-order chi connectivity index (χ1) is 14.5. The Kier molecular flexibility index (Phi) is 6.25. The number of carbonyl (C=O) groups excluding carboxylic acids is 2. The summed E-state index contributed by atoms with van der Waals surface area (Å²) < 4.78 is 50.5. The van der Waals surface area contributed by atoms with Crippen molar-refractivity contribution in [2.24, 2.45) is 0 Å². The maximum Gasteiger partial charge on any atom is 0.433 e. The van der Waals surface area contributed by atoms with Crippen molar-refractivity contribution in [2.45, 2.75) is 25.4 Å². The van der Waals surface area contributed by atoms with Gasteiger partial charge in [-0.15, -0.1) is 0 Å². The molecule has 13 heteroatoms. The van der Waals surface area contributed by atoms with Gasteiger partial charge in [-0.2, -0.15) is 13.2 Å². The number of nitro groups is 1. The first kappa shape index (κ1) is 22.6. The fourth-order valence-electron chi connectivity index (χ4n) is 3.64. The summed E-state index contributed by atoms with van der Waals surface area (Å²) in [5.41, 5.74) is 0.0388. The van der Waals surface area contributed by atoms with Crippen LogP contribution in [0, 0.1) is 17.0 Å². The van der Waals surface area contributed by atoms with E-state index in [0.717, 1.165) is 11.0 Å². The van der Waals surface area contributed by atoms with Crippen LogP contribution in [0.1, 0.15) is 5.56 Å². The molecular weight excluding hydrogens is 425 g/mol. The molecule has 1 aromatic rings. The lowest BCUT2D eigenvalue weighted by atomic mass is 10.1. The Bertz CT molecular complexity index is 872. The number of methoxy groups -OCH3 is 1. The molecule has 0 saturated carbocycles. The van der Waals surface area contributed by atoms with E-state index in [1.165, 1.54) is 36.0 Å². The Morgan fingerprint density at radius 2 is 1.81 bits per heavy atom. The van der Waals surface area contributed by atoms with Crippen LogP contribution in [-0.4, -0.2) is 85.1 Å². The SMILES string of the molecule is COC(=O)N1CCN(C(=O)C2CN(c3ccc([N+](=O)[O-])c(C)c3)C(C(F)(F)F)O2)CC1. The Morgan fingerprint density at radius 3 is 2.32 bits per heavy atom. The number of nitrogens with zero attached hydrogens (tertiary/aromatic N) is 4. The Morgan fingerprint density at radius 1 is 1.19 bits per heavy atom. The van der Waals surface area contributed by atoms with Gasteiger partial charge in [0.25, 0.3) is 11.6 Å². The number of amides is 2. The Balaban J connectivity index is 1.76. The summed E-state index contributed by atoms with van der Waals surface area (Å²) in [6.45, 7) is 1.72. The number of halogens is 3. The molecule has 0 aromatic heterocycles. The summed E-state index contributed by atoms with van der Waals surface area (Å²) in [7, 11) is 1.23. The van der Waals surface area contributed by atoms with E-state index in [2.05, 4.69) is 4.74 Å². The van der Waals surface area contributed by atoms with Gasteiger partial charge in [0.2, 0.25) is 6.23 Å². The predicted molar refractivity (Wildman–Crippen MR) is 100 cm³/mol. The summed E-state index contributed by atoms with van der Waals surface area (Å²) in [4.78, 5) is 38.3. The summed E-state index contributed by atoms with van der Waals surface area (Å²) >= 11 is 0. The number of anilines is 1. The van der Waals surface area contributed by atoms with Crippen LogP contribution in [0.4, 0.5) is 29.3 Å². The number of carbonyl (C=O) groups is 2. The second kappa shape index (κ2) is 8.57. The number of ether oxygens (including phenoxy) is 2. The van der Waals surface area contributed by atoms with Crippen molar-refractivity contribution in [3.63, 3.8) is 0 Å². The highest BCUT2D eigenvalue weighted by Gasteiger charge is 2.53. The standard InChI is InChI=1S/C18H21F3N4O6/c1-11-9-12(3-4-13(11)25(28)29)24-10-14(31-16(24)18(19,20)21)15(26)22-5-7-23(8-6-22)17(27)30-2/h3-4,9,14,16H,5-8,10H2,1-2H3. The van der Waals surface area contributed by atoms with E-state index < -0.39 is 35.4 Å². The molecule has 2 amide bonds. The lowest BCUT2D eigenvalue weighted by Gasteiger charge is -2.34. The molecule has 0 N–H and O–H groups in total. The number of hydrogen-bond donors (Lipinski definition) is 0. The van der Waals surface area contributed by atoms with Crippen LogP contribution in [0.15, 0.2) is 18.2 Å². The Labute approximate surface area is 175 Å². The third-order valence-corrected chi connectivity index (χ3v) is 5.23. The zero-order valence-electron chi connectivity index (χ0n) is 16.8. The first-order valence-electron chi connectivity index (χ1n) is 9.38. The summed E-state index contributed by atoms with van der Waals surface area (Å²) in [6.07, 6.45) is -9.06. The van der Waals surface area contributed by atoms with E-state index in [9.17, 15) is 32.9 Å². The fraction of sp³-hybridized carbons (Fsp3) is 0.556. The normalized spacial score (nSPS) is 21.9. The zero-order valence-corrected chi connectivity index (χ0v) is 16.8. The van der Waals surface area contributed by atoms with Crippen molar-refractivity contribution in [3.05, 3.63) is 33.9 Å². The molecule has 2 fully saturated rings. The van der Waals surface area contributed by atoms with Crippen molar-refractivity contribution in [1.82, 2.24) is 9.80 Å². The smallest absolute Gasteiger partial charge is 0.433 e. The third kappa shape index (κ3) is 4.65. The van der Waals surface area contributed by atoms with Crippen molar-refractivity contribution < 1.29 is 37.2 Å². The van der Waals surface area contributed by atoms with Crippen molar-refractivity contribution in [1.29, 1.82) is 0 Å². The van der Waals surface area contributed by atoms with E-state index in [1.807, 2.05) is 0 Å². The van der Waals surface area contributed by atoms with E-state index in [1.54, 1.807) is 0 Å². The molecule has 0 radical (unpaired) electrons. The molecule has 31 heavy (non-hydrogen) atoms. The zero-order chi connectivity index (χ0) is 22.9. The number of piperazine rings is 1. The second-order valence-corrected chi connectivity index (χ2v) is 7.18. The topological polar surface area (TPSA) is 105 Å². The molecule has 2 saturated heterocycles. The van der Waals surface area contributed by atoms with Crippen LogP contribution in [0.5, 0.6) is 0 Å². The number of nitro benzene ring substituents is 1. The van der Waals surface area contributed by atoms with Gasteiger partial charge in [0.05, 0.1) is 18.6 Å². The van der Waals surface area contributed by atoms with Crippen LogP contribution in [0.3, 0.4) is 0 Å². The monoisotopic (exact) mass is 446 g/mol. The van der Waals surface area contributed by atoms with Gasteiger partial charge in [-0.3, -0.25) is 14.9 Å². The quantitative estimate of drug-likeness (QED) is 0.516. The van der Waals surface area contributed by atoms with E-state index in [-0.39, 0.29) is 49.7 Å². The molecule has 3 rings (SSSR count). The predicted octanol–water partition coefficient (Wildman–Crippen LogP) is 1.91. The van der Waals surface area contributed by atoms with Gasteiger partial charge in [-0.1, -0.05) is 0 Å². The number of hydrogen-bond acceptors (Lipinski definition) is 7. The second-order valence-electron chi connectivity index (χ2n) is 7.18. The molecule has 1 aromatic carbocycles. The van der Waals surface area contributed by atoms with Gasteiger partial charge >= 0.3 is 12.3 Å². The number of aryl methyl sites for hydroxylation is 1. The average Bonchev–Trinajstić information content (AvgIpc) is 3.18.